The number of carbonyl (C=O) groups excluding carboxylic acids is 1. The third kappa shape index (κ3) is 4.02. The van der Waals surface area contributed by atoms with Crippen LogP contribution in [0.3, 0.4) is 0 Å². The Bertz CT molecular complexity index is 814. The van der Waals surface area contributed by atoms with Crippen LogP contribution in [0.2, 0.25) is 0 Å². The van der Waals surface area contributed by atoms with Gasteiger partial charge in [0.15, 0.2) is 11.5 Å². The third-order valence-corrected chi connectivity index (χ3v) is 3.88. The molecule has 1 aliphatic rings. The largest absolute Gasteiger partial charge is 0.454 e. The van der Waals surface area contributed by atoms with E-state index < -0.39 is 0 Å². The number of ether oxygens (including phenoxy) is 2. The van der Waals surface area contributed by atoms with E-state index in [2.05, 4.69) is 26.5 Å². The quantitative estimate of drug-likeness (QED) is 0.638. The first-order valence-electron chi connectivity index (χ1n) is 7.30. The molecule has 2 aromatic rings. The van der Waals surface area contributed by atoms with Gasteiger partial charge in [0.05, 0.1) is 5.71 Å². The van der Waals surface area contributed by atoms with Crippen molar-refractivity contribution in [1.29, 1.82) is 0 Å². The summed E-state index contributed by atoms with van der Waals surface area (Å²) in [6, 6.07) is 12.8. The predicted molar refractivity (Wildman–Crippen MR) is 96.3 cm³/mol. The first-order valence-corrected chi connectivity index (χ1v) is 8.09. The summed E-state index contributed by atoms with van der Waals surface area (Å²) in [6.07, 6.45) is 3.71. The summed E-state index contributed by atoms with van der Waals surface area (Å²) >= 11 is 3.33. The van der Waals surface area contributed by atoms with Crippen molar-refractivity contribution in [1.82, 2.24) is 5.43 Å². The van der Waals surface area contributed by atoms with Crippen LogP contribution in [0.25, 0.3) is 6.08 Å². The SMILES string of the molecule is CC(/C=C/c1ccc2c(c1)OCO2)=N\NC(=O)c1ccc(Br)cc1. The molecule has 3 rings (SSSR count). The van der Waals surface area contributed by atoms with E-state index in [1.807, 2.05) is 49.4 Å². The molecule has 1 heterocycles. The van der Waals surface area contributed by atoms with Gasteiger partial charge in [-0.2, -0.15) is 5.10 Å². The highest BCUT2D eigenvalue weighted by Crippen LogP contribution is 2.32. The maximum absolute atomic E-state index is 12.0. The molecule has 5 nitrogen and oxygen atoms in total. The number of halogens is 1. The van der Waals surface area contributed by atoms with E-state index >= 15 is 0 Å². The maximum Gasteiger partial charge on any atom is 0.271 e. The third-order valence-electron chi connectivity index (χ3n) is 3.35. The topological polar surface area (TPSA) is 59.9 Å². The highest BCUT2D eigenvalue weighted by atomic mass is 79.9. The minimum atomic E-state index is -0.252. The Balaban J connectivity index is 1.61. The second-order valence-electron chi connectivity index (χ2n) is 5.15. The van der Waals surface area contributed by atoms with Crippen molar-refractivity contribution >= 4 is 33.6 Å². The van der Waals surface area contributed by atoms with Crippen molar-refractivity contribution in [2.24, 2.45) is 5.10 Å². The Hall–Kier alpha value is -2.60. The molecule has 0 aromatic heterocycles. The van der Waals surface area contributed by atoms with Gasteiger partial charge in [-0.25, -0.2) is 5.43 Å². The van der Waals surface area contributed by atoms with Crippen LogP contribution in [-0.2, 0) is 0 Å². The zero-order valence-electron chi connectivity index (χ0n) is 13.0. The maximum atomic E-state index is 12.0. The van der Waals surface area contributed by atoms with Gasteiger partial charge >= 0.3 is 0 Å². The van der Waals surface area contributed by atoms with E-state index in [1.165, 1.54) is 0 Å². The number of hydrogen-bond donors (Lipinski definition) is 1. The number of amides is 1. The number of nitrogens with one attached hydrogen (secondary N) is 1. The highest BCUT2D eigenvalue weighted by Gasteiger charge is 2.12. The molecule has 0 radical (unpaired) electrons. The number of hydrogen-bond acceptors (Lipinski definition) is 4. The molecule has 1 aliphatic heterocycles. The molecule has 122 valence electrons. The molecule has 0 bridgehead atoms. The number of nitrogens with zero attached hydrogens (tertiary/aromatic N) is 1. The highest BCUT2D eigenvalue weighted by molar-refractivity contribution is 9.10. The number of allylic oxidation sites excluding steroid dienone is 1. The van der Waals surface area contributed by atoms with E-state index in [-0.39, 0.29) is 12.7 Å². The molecule has 1 N–H and O–H groups in total. The Labute approximate surface area is 148 Å². The first-order chi connectivity index (χ1) is 11.6. The van der Waals surface area contributed by atoms with Crippen LogP contribution in [0, 0.1) is 0 Å². The number of carbonyl (C=O) groups is 1. The molecule has 1 amide bonds. The smallest absolute Gasteiger partial charge is 0.271 e. The van der Waals surface area contributed by atoms with Crippen LogP contribution in [-0.4, -0.2) is 18.4 Å². The van der Waals surface area contributed by atoms with E-state index in [9.17, 15) is 4.79 Å². The van der Waals surface area contributed by atoms with Gasteiger partial charge in [-0.1, -0.05) is 28.1 Å². The van der Waals surface area contributed by atoms with E-state index in [1.54, 1.807) is 12.1 Å². The molecular formula is C18H15BrN2O3. The second kappa shape index (κ2) is 7.31. The average Bonchev–Trinajstić information content (AvgIpc) is 3.06. The molecule has 0 saturated carbocycles. The van der Waals surface area contributed by atoms with Crippen LogP contribution in [0.4, 0.5) is 0 Å². The lowest BCUT2D eigenvalue weighted by Gasteiger charge is -2.01. The van der Waals surface area contributed by atoms with Gasteiger partial charge in [-0.3, -0.25) is 4.79 Å². The van der Waals surface area contributed by atoms with E-state index in [4.69, 9.17) is 9.47 Å². The summed E-state index contributed by atoms with van der Waals surface area (Å²) in [7, 11) is 0. The fraction of sp³-hybridized carbons (Fsp3) is 0.111. The molecule has 0 saturated heterocycles. The molecule has 6 heteroatoms. The van der Waals surface area contributed by atoms with E-state index in [0.29, 0.717) is 11.3 Å². The Morgan fingerprint density at radius 2 is 1.92 bits per heavy atom. The van der Waals surface area contributed by atoms with Gasteiger partial charge in [0.1, 0.15) is 0 Å². The van der Waals surface area contributed by atoms with Crippen LogP contribution in [0.1, 0.15) is 22.8 Å². The minimum Gasteiger partial charge on any atom is -0.454 e. The summed E-state index contributed by atoms with van der Waals surface area (Å²) in [5.74, 6) is 1.23. The Kier molecular flexibility index (Phi) is 4.96. The average molecular weight is 387 g/mol. The summed E-state index contributed by atoms with van der Waals surface area (Å²) < 4.78 is 11.5. The molecular weight excluding hydrogens is 372 g/mol. The fourth-order valence-corrected chi connectivity index (χ4v) is 2.34. The molecule has 0 unspecified atom stereocenters. The number of benzene rings is 2. The summed E-state index contributed by atoms with van der Waals surface area (Å²) in [5.41, 5.74) is 4.73. The van der Waals surface area contributed by atoms with Gasteiger partial charge in [-0.05, 0) is 55.0 Å². The summed E-state index contributed by atoms with van der Waals surface area (Å²) in [4.78, 5) is 12.0. The molecule has 0 aliphatic carbocycles. The summed E-state index contributed by atoms with van der Waals surface area (Å²) in [5, 5.41) is 4.07. The number of fused-ring (bicyclic) bond motifs is 1. The van der Waals surface area contributed by atoms with E-state index in [0.717, 1.165) is 21.5 Å². The lowest BCUT2D eigenvalue weighted by Crippen LogP contribution is -2.18. The van der Waals surface area contributed by atoms with Crippen LogP contribution < -0.4 is 14.9 Å². The monoisotopic (exact) mass is 386 g/mol. The first kappa shape index (κ1) is 16.3. The molecule has 0 atom stereocenters. The minimum absolute atomic E-state index is 0.252. The standard InChI is InChI=1S/C18H15BrN2O3/c1-12(20-21-18(22)14-5-7-15(19)8-6-14)2-3-13-4-9-16-17(10-13)24-11-23-16/h2-10H,11H2,1H3,(H,21,22)/b3-2+,20-12+. The molecule has 0 fully saturated rings. The molecule has 24 heavy (non-hydrogen) atoms. The predicted octanol–water partition coefficient (Wildman–Crippen LogP) is 4.00. The van der Waals surface area contributed by atoms with Gasteiger partial charge in [0, 0.05) is 10.0 Å². The van der Waals surface area contributed by atoms with Gasteiger partial charge in [-0.15, -0.1) is 0 Å². The fourth-order valence-electron chi connectivity index (χ4n) is 2.08. The van der Waals surface area contributed by atoms with Crippen molar-refractivity contribution in [3.63, 3.8) is 0 Å². The molecule has 2 aromatic carbocycles. The van der Waals surface area contributed by atoms with Gasteiger partial charge in [0.25, 0.3) is 5.91 Å². The second-order valence-corrected chi connectivity index (χ2v) is 6.06. The lowest BCUT2D eigenvalue weighted by atomic mass is 10.2. The molecule has 0 spiro atoms. The zero-order valence-corrected chi connectivity index (χ0v) is 14.5. The Morgan fingerprint density at radius 1 is 1.17 bits per heavy atom. The normalized spacial score (nSPS) is 13.3. The van der Waals surface area contributed by atoms with Crippen molar-refractivity contribution in [3.8, 4) is 11.5 Å². The lowest BCUT2D eigenvalue weighted by molar-refractivity contribution is 0.0955. The van der Waals surface area contributed by atoms with Crippen molar-refractivity contribution < 1.29 is 14.3 Å². The Morgan fingerprint density at radius 3 is 2.71 bits per heavy atom. The number of hydrazone groups is 1. The van der Waals surface area contributed by atoms with Gasteiger partial charge < -0.3 is 9.47 Å². The van der Waals surface area contributed by atoms with Crippen molar-refractivity contribution in [2.45, 2.75) is 6.92 Å². The van der Waals surface area contributed by atoms with Crippen LogP contribution in [0.15, 0.2) is 58.1 Å². The van der Waals surface area contributed by atoms with Crippen molar-refractivity contribution in [2.75, 3.05) is 6.79 Å². The number of rotatable bonds is 4. The zero-order chi connectivity index (χ0) is 16.9. The van der Waals surface area contributed by atoms with Crippen LogP contribution in [0.5, 0.6) is 11.5 Å². The van der Waals surface area contributed by atoms with Crippen LogP contribution >= 0.6 is 15.9 Å². The van der Waals surface area contributed by atoms with Gasteiger partial charge in [0.2, 0.25) is 6.79 Å². The van der Waals surface area contributed by atoms with Crippen molar-refractivity contribution in [3.05, 3.63) is 64.1 Å². The summed E-state index contributed by atoms with van der Waals surface area (Å²) in [6.45, 7) is 2.07.